The molecule has 0 N–H and O–H groups in total. The van der Waals surface area contributed by atoms with E-state index in [1.807, 2.05) is 35.6 Å². The minimum Gasteiger partial charge on any atom is -0.455 e. The van der Waals surface area contributed by atoms with Gasteiger partial charge in [0, 0.05) is 48.6 Å². The third kappa shape index (κ3) is 5.44. The molecule has 0 fully saturated rings. The van der Waals surface area contributed by atoms with E-state index in [0.29, 0.717) is 0 Å². The number of hydrogen-bond donors (Lipinski definition) is 0. The topological polar surface area (TPSA) is 29.5 Å². The molecule has 0 radical (unpaired) electrons. The Balaban J connectivity index is 0.936. The average molecular weight is 810 g/mol. The summed E-state index contributed by atoms with van der Waals surface area (Å²) in [7, 11) is 0. The van der Waals surface area contributed by atoms with E-state index in [9.17, 15) is 0 Å². The van der Waals surface area contributed by atoms with Gasteiger partial charge in [0.1, 0.15) is 22.3 Å². The van der Waals surface area contributed by atoms with Crippen LogP contribution in [0.3, 0.4) is 0 Å². The maximum absolute atomic E-state index is 6.62. The van der Waals surface area contributed by atoms with E-state index in [1.54, 1.807) is 0 Å². The summed E-state index contributed by atoms with van der Waals surface area (Å²) in [6.07, 6.45) is 0. The lowest BCUT2D eigenvalue weighted by atomic mass is 9.96. The molecule has 0 aliphatic heterocycles. The van der Waals surface area contributed by atoms with Gasteiger partial charge >= 0.3 is 0 Å². The Morgan fingerprint density at radius 3 is 1.82 bits per heavy atom. The van der Waals surface area contributed by atoms with Gasteiger partial charge in [-0.1, -0.05) is 158 Å². The zero-order valence-electron chi connectivity index (χ0n) is 33.4. The Hall–Kier alpha value is -7.92. The van der Waals surface area contributed by atoms with Gasteiger partial charge in [-0.25, -0.2) is 0 Å². The lowest BCUT2D eigenvalue weighted by Crippen LogP contribution is -2.10. The van der Waals surface area contributed by atoms with E-state index in [0.717, 1.165) is 83.2 Å². The van der Waals surface area contributed by atoms with Crippen LogP contribution >= 0.6 is 11.3 Å². The van der Waals surface area contributed by atoms with Gasteiger partial charge in [-0.05, 0) is 93.2 Å². The molecule has 290 valence electrons. The van der Waals surface area contributed by atoms with Gasteiger partial charge in [0.2, 0.25) is 0 Å². The maximum Gasteiger partial charge on any atom is 0.147 e. The molecule has 0 spiro atoms. The monoisotopic (exact) mass is 809 g/mol. The molecule has 4 heteroatoms. The second kappa shape index (κ2) is 13.8. The first-order valence-electron chi connectivity index (χ1n) is 21.0. The van der Waals surface area contributed by atoms with Gasteiger partial charge in [0.15, 0.2) is 0 Å². The quantitative estimate of drug-likeness (QED) is 0.168. The highest BCUT2D eigenvalue weighted by molar-refractivity contribution is 7.26. The molecule has 13 aromatic rings. The van der Waals surface area contributed by atoms with Crippen LogP contribution in [0.1, 0.15) is 0 Å². The Labute approximate surface area is 360 Å². The van der Waals surface area contributed by atoms with Crippen LogP contribution in [0.15, 0.2) is 221 Å². The van der Waals surface area contributed by atoms with Crippen LogP contribution < -0.4 is 4.90 Å². The zero-order chi connectivity index (χ0) is 40.7. The molecule has 3 nitrogen and oxygen atoms in total. The van der Waals surface area contributed by atoms with E-state index < -0.39 is 0 Å². The molecule has 0 amide bonds. The third-order valence-corrected chi connectivity index (χ3v) is 13.7. The Morgan fingerprint density at radius 2 is 0.968 bits per heavy atom. The number of hydrogen-bond acceptors (Lipinski definition) is 4. The number of fused-ring (bicyclic) bond motifs is 11. The fraction of sp³-hybridized carbons (Fsp3) is 0. The second-order valence-corrected chi connectivity index (χ2v) is 17.0. The summed E-state index contributed by atoms with van der Waals surface area (Å²) < 4.78 is 15.7. The summed E-state index contributed by atoms with van der Waals surface area (Å²) in [5, 5.41) is 9.31. The van der Waals surface area contributed by atoms with Crippen molar-refractivity contribution in [2.75, 3.05) is 4.90 Å². The first-order chi connectivity index (χ1) is 30.7. The molecular weight excluding hydrogens is 775 g/mol. The minimum atomic E-state index is 0.838. The fourth-order valence-electron chi connectivity index (χ4n) is 9.55. The molecule has 0 saturated carbocycles. The minimum absolute atomic E-state index is 0.838. The van der Waals surface area contributed by atoms with Crippen LogP contribution in [0.2, 0.25) is 0 Å². The lowest BCUT2D eigenvalue weighted by molar-refractivity contribution is 0.663. The van der Waals surface area contributed by atoms with Crippen molar-refractivity contribution < 1.29 is 8.83 Å². The van der Waals surface area contributed by atoms with Gasteiger partial charge < -0.3 is 13.7 Å². The summed E-state index contributed by atoms with van der Waals surface area (Å²) in [4.78, 5) is 2.42. The SMILES string of the molecule is c1cc(-c2ccc(-c3cc4c5ccccc5oc4c4c3oc3ccccc34)cc2)cc(N(c2ccc(-c3cccc4ccccc34)cc2)c2cccc3c2sc2ccccc23)c1. The highest BCUT2D eigenvalue weighted by Crippen LogP contribution is 2.47. The van der Waals surface area contributed by atoms with Crippen molar-refractivity contribution in [3.63, 3.8) is 0 Å². The van der Waals surface area contributed by atoms with Crippen LogP contribution in [-0.2, 0) is 0 Å². The number of thiophene rings is 1. The number of nitrogens with zero attached hydrogens (tertiary/aromatic N) is 1. The Kier molecular flexibility index (Phi) is 7.78. The summed E-state index contributed by atoms with van der Waals surface area (Å²) in [5.41, 5.74) is 13.6. The summed E-state index contributed by atoms with van der Waals surface area (Å²) in [6, 6.07) is 76.3. The number of rotatable bonds is 6. The van der Waals surface area contributed by atoms with Crippen molar-refractivity contribution in [1.82, 2.24) is 0 Å². The molecule has 0 saturated heterocycles. The van der Waals surface area contributed by atoms with E-state index in [4.69, 9.17) is 8.83 Å². The molecule has 0 bridgehead atoms. The fourth-order valence-corrected chi connectivity index (χ4v) is 10.8. The van der Waals surface area contributed by atoms with Gasteiger partial charge in [0.05, 0.1) is 15.8 Å². The molecule has 3 aromatic heterocycles. The zero-order valence-corrected chi connectivity index (χ0v) is 34.2. The van der Waals surface area contributed by atoms with Crippen LogP contribution in [0.25, 0.3) is 108 Å². The maximum atomic E-state index is 6.62. The van der Waals surface area contributed by atoms with Crippen LogP contribution in [-0.4, -0.2) is 0 Å². The molecule has 0 atom stereocenters. The molecule has 0 aliphatic rings. The number of benzene rings is 10. The largest absolute Gasteiger partial charge is 0.455 e. The average Bonchev–Trinajstić information content (AvgIpc) is 4.04. The number of anilines is 3. The van der Waals surface area contributed by atoms with Crippen LogP contribution in [0.4, 0.5) is 17.1 Å². The highest BCUT2D eigenvalue weighted by atomic mass is 32.1. The van der Waals surface area contributed by atoms with E-state index in [2.05, 4.69) is 193 Å². The van der Waals surface area contributed by atoms with Crippen LogP contribution in [0, 0.1) is 0 Å². The molecule has 62 heavy (non-hydrogen) atoms. The molecule has 10 aromatic carbocycles. The first-order valence-corrected chi connectivity index (χ1v) is 21.8. The van der Waals surface area contributed by atoms with Gasteiger partial charge in [-0.3, -0.25) is 0 Å². The van der Waals surface area contributed by atoms with Crippen molar-refractivity contribution in [3.05, 3.63) is 212 Å². The van der Waals surface area contributed by atoms with Crippen molar-refractivity contribution in [2.24, 2.45) is 0 Å². The highest BCUT2D eigenvalue weighted by Gasteiger charge is 2.22. The third-order valence-electron chi connectivity index (χ3n) is 12.5. The second-order valence-electron chi connectivity index (χ2n) is 16.0. The van der Waals surface area contributed by atoms with Crippen molar-refractivity contribution in [1.29, 1.82) is 0 Å². The van der Waals surface area contributed by atoms with Gasteiger partial charge in [0.25, 0.3) is 0 Å². The van der Waals surface area contributed by atoms with Crippen molar-refractivity contribution in [3.8, 4) is 33.4 Å². The molecular formula is C58H35NO2S. The van der Waals surface area contributed by atoms with Crippen LogP contribution in [0.5, 0.6) is 0 Å². The number of furan rings is 2. The predicted molar refractivity (Wildman–Crippen MR) is 262 cm³/mol. The first kappa shape index (κ1) is 34.9. The number of para-hydroxylation sites is 2. The summed E-state index contributed by atoms with van der Waals surface area (Å²) >= 11 is 1.86. The molecule has 13 rings (SSSR count). The van der Waals surface area contributed by atoms with Gasteiger partial charge in [-0.15, -0.1) is 11.3 Å². The molecule has 3 heterocycles. The normalized spacial score (nSPS) is 11.9. The standard InChI is InChI=1S/C58H35NO2S/c1-2-16-43-37(12-1)13-10-20-44(43)38-30-32-41(33-31-38)59(51-22-11-21-47-46-18-5-8-25-54(46)62-58(47)51)42-15-9-14-40(34-42)36-26-28-39(29-27-36)49-35-50-45-17-3-6-23-52(45)60-57(50)55-48-19-4-7-24-53(48)61-56(49)55/h1-35H. The summed E-state index contributed by atoms with van der Waals surface area (Å²) in [5.74, 6) is 0. The van der Waals surface area contributed by atoms with E-state index >= 15 is 0 Å². The molecule has 0 aliphatic carbocycles. The Bertz CT molecular complexity index is 3860. The molecule has 0 unspecified atom stereocenters. The lowest BCUT2D eigenvalue weighted by Gasteiger charge is -2.27. The van der Waals surface area contributed by atoms with Crippen molar-refractivity contribution in [2.45, 2.75) is 0 Å². The Morgan fingerprint density at radius 1 is 0.355 bits per heavy atom. The smallest absolute Gasteiger partial charge is 0.147 e. The predicted octanol–water partition coefficient (Wildman–Crippen LogP) is 17.5. The van der Waals surface area contributed by atoms with E-state index in [1.165, 1.54) is 42.1 Å². The summed E-state index contributed by atoms with van der Waals surface area (Å²) in [6.45, 7) is 0. The van der Waals surface area contributed by atoms with Gasteiger partial charge in [-0.2, -0.15) is 0 Å². The van der Waals surface area contributed by atoms with E-state index in [-0.39, 0.29) is 0 Å². The van der Waals surface area contributed by atoms with Crippen molar-refractivity contribution >= 4 is 103 Å².